The van der Waals surface area contributed by atoms with Crippen LogP contribution in [0.1, 0.15) is 0 Å². The second kappa shape index (κ2) is 4.47. The SMILES string of the molecule is C=CC(=O)Oc1cc(Cl)c(O)c2ccccc12. The van der Waals surface area contributed by atoms with E-state index in [9.17, 15) is 9.90 Å². The number of phenols is 1. The third-order valence-corrected chi connectivity index (χ3v) is 2.60. The molecule has 2 rings (SSSR count). The maximum absolute atomic E-state index is 11.2. The Balaban J connectivity index is 2.67. The van der Waals surface area contributed by atoms with Gasteiger partial charge < -0.3 is 9.84 Å². The molecule has 1 N–H and O–H groups in total. The molecule has 0 saturated heterocycles. The molecule has 0 unspecified atom stereocenters. The van der Waals surface area contributed by atoms with Crippen LogP contribution in [0, 0.1) is 0 Å². The van der Waals surface area contributed by atoms with Crippen LogP contribution in [0.5, 0.6) is 11.5 Å². The first-order chi connectivity index (χ1) is 8.13. The molecule has 0 aromatic heterocycles. The van der Waals surface area contributed by atoms with Gasteiger partial charge in [-0.15, -0.1) is 0 Å². The zero-order valence-corrected chi connectivity index (χ0v) is 9.57. The molecular weight excluding hydrogens is 240 g/mol. The van der Waals surface area contributed by atoms with Crippen molar-refractivity contribution < 1.29 is 14.6 Å². The van der Waals surface area contributed by atoms with E-state index in [0.29, 0.717) is 16.5 Å². The molecule has 4 heteroatoms. The van der Waals surface area contributed by atoms with Gasteiger partial charge in [0.15, 0.2) is 0 Å². The van der Waals surface area contributed by atoms with Gasteiger partial charge in [-0.1, -0.05) is 42.4 Å². The fourth-order valence-electron chi connectivity index (χ4n) is 1.53. The van der Waals surface area contributed by atoms with E-state index in [-0.39, 0.29) is 10.8 Å². The number of esters is 1. The monoisotopic (exact) mass is 248 g/mol. The Bertz CT molecular complexity index is 605. The molecular formula is C13H9ClO3. The summed E-state index contributed by atoms with van der Waals surface area (Å²) in [7, 11) is 0. The van der Waals surface area contributed by atoms with Gasteiger partial charge in [0.25, 0.3) is 0 Å². The van der Waals surface area contributed by atoms with E-state index in [4.69, 9.17) is 16.3 Å². The van der Waals surface area contributed by atoms with E-state index in [2.05, 4.69) is 6.58 Å². The van der Waals surface area contributed by atoms with E-state index in [1.165, 1.54) is 6.07 Å². The van der Waals surface area contributed by atoms with E-state index in [1.54, 1.807) is 24.3 Å². The van der Waals surface area contributed by atoms with Crippen molar-refractivity contribution in [3.8, 4) is 11.5 Å². The Morgan fingerprint density at radius 3 is 2.65 bits per heavy atom. The normalized spacial score (nSPS) is 10.2. The molecule has 2 aromatic carbocycles. The Morgan fingerprint density at radius 2 is 2.00 bits per heavy atom. The van der Waals surface area contributed by atoms with Gasteiger partial charge in [0.05, 0.1) is 5.02 Å². The van der Waals surface area contributed by atoms with Crippen LogP contribution in [-0.4, -0.2) is 11.1 Å². The molecule has 3 nitrogen and oxygen atoms in total. The highest BCUT2D eigenvalue weighted by Gasteiger charge is 2.12. The van der Waals surface area contributed by atoms with E-state index in [1.807, 2.05) is 0 Å². The van der Waals surface area contributed by atoms with Crippen LogP contribution < -0.4 is 4.74 Å². The highest BCUT2D eigenvalue weighted by atomic mass is 35.5. The molecule has 0 radical (unpaired) electrons. The molecule has 0 spiro atoms. The summed E-state index contributed by atoms with van der Waals surface area (Å²) in [5.41, 5.74) is 0. The number of fused-ring (bicyclic) bond motifs is 1. The molecule has 86 valence electrons. The van der Waals surface area contributed by atoms with Gasteiger partial charge in [-0.25, -0.2) is 4.79 Å². The molecule has 0 bridgehead atoms. The van der Waals surface area contributed by atoms with E-state index >= 15 is 0 Å². The Labute approximate surface area is 103 Å². The maximum Gasteiger partial charge on any atom is 0.335 e. The zero-order chi connectivity index (χ0) is 12.4. The van der Waals surface area contributed by atoms with Crippen molar-refractivity contribution >= 4 is 28.3 Å². The molecule has 0 atom stereocenters. The first-order valence-corrected chi connectivity index (χ1v) is 5.25. The van der Waals surface area contributed by atoms with E-state index in [0.717, 1.165) is 6.08 Å². The smallest absolute Gasteiger partial charge is 0.335 e. The van der Waals surface area contributed by atoms with Crippen LogP contribution in [0.4, 0.5) is 0 Å². The third-order valence-electron chi connectivity index (χ3n) is 2.31. The lowest BCUT2D eigenvalue weighted by Crippen LogP contribution is -2.03. The maximum atomic E-state index is 11.2. The van der Waals surface area contributed by atoms with Gasteiger partial charge >= 0.3 is 5.97 Å². The quantitative estimate of drug-likeness (QED) is 0.504. The predicted molar refractivity (Wildman–Crippen MR) is 66.5 cm³/mol. The summed E-state index contributed by atoms with van der Waals surface area (Å²) < 4.78 is 5.06. The molecule has 2 aromatic rings. The van der Waals surface area contributed by atoms with Crippen molar-refractivity contribution in [2.75, 3.05) is 0 Å². The van der Waals surface area contributed by atoms with Gasteiger partial charge in [-0.2, -0.15) is 0 Å². The largest absolute Gasteiger partial charge is 0.506 e. The van der Waals surface area contributed by atoms with Crippen molar-refractivity contribution in [3.63, 3.8) is 0 Å². The average molecular weight is 249 g/mol. The van der Waals surface area contributed by atoms with Crippen LogP contribution in [0.3, 0.4) is 0 Å². The van der Waals surface area contributed by atoms with Crippen LogP contribution in [0.15, 0.2) is 43.0 Å². The van der Waals surface area contributed by atoms with Gasteiger partial charge in [0.1, 0.15) is 11.5 Å². The number of carbonyl (C=O) groups is 1. The number of carbonyl (C=O) groups excluding carboxylic acids is 1. The topological polar surface area (TPSA) is 46.5 Å². The molecule has 0 fully saturated rings. The summed E-state index contributed by atoms with van der Waals surface area (Å²) >= 11 is 5.85. The first kappa shape index (κ1) is 11.5. The number of benzene rings is 2. The molecule has 0 saturated carbocycles. The van der Waals surface area contributed by atoms with Crippen molar-refractivity contribution in [3.05, 3.63) is 48.0 Å². The number of rotatable bonds is 2. The van der Waals surface area contributed by atoms with Crippen LogP contribution in [0.25, 0.3) is 10.8 Å². The molecule has 0 heterocycles. The predicted octanol–water partition coefficient (Wildman–Crippen LogP) is 3.29. The molecule has 0 aliphatic carbocycles. The highest BCUT2D eigenvalue weighted by molar-refractivity contribution is 6.33. The summed E-state index contributed by atoms with van der Waals surface area (Å²) in [5, 5.41) is 11.1. The zero-order valence-electron chi connectivity index (χ0n) is 8.81. The first-order valence-electron chi connectivity index (χ1n) is 4.88. The number of hydrogen-bond acceptors (Lipinski definition) is 3. The lowest BCUT2D eigenvalue weighted by atomic mass is 10.1. The lowest BCUT2D eigenvalue weighted by molar-refractivity contribution is -0.128. The minimum absolute atomic E-state index is 0.0272. The van der Waals surface area contributed by atoms with Gasteiger partial charge in [-0.05, 0) is 0 Å². The minimum atomic E-state index is -0.572. The molecule has 0 aliphatic rings. The fraction of sp³-hybridized carbons (Fsp3) is 0. The average Bonchev–Trinajstić information content (AvgIpc) is 2.35. The van der Waals surface area contributed by atoms with Crippen LogP contribution >= 0.6 is 11.6 Å². The summed E-state index contributed by atoms with van der Waals surface area (Å²) in [4.78, 5) is 11.2. The summed E-state index contributed by atoms with van der Waals surface area (Å²) in [5.74, 6) is -0.300. The van der Waals surface area contributed by atoms with Gasteiger partial charge in [-0.3, -0.25) is 0 Å². The summed E-state index contributed by atoms with van der Waals surface area (Å²) in [6, 6.07) is 8.37. The molecule has 0 aliphatic heterocycles. The third kappa shape index (κ3) is 2.10. The number of ether oxygens (including phenoxy) is 1. The van der Waals surface area contributed by atoms with E-state index < -0.39 is 5.97 Å². The van der Waals surface area contributed by atoms with Gasteiger partial charge in [0, 0.05) is 22.9 Å². The standard InChI is InChI=1S/C13H9ClO3/c1-2-12(15)17-11-7-10(14)13(16)9-6-4-3-5-8(9)11/h2-7,16H,1H2. The van der Waals surface area contributed by atoms with Crippen molar-refractivity contribution in [1.82, 2.24) is 0 Å². The van der Waals surface area contributed by atoms with Crippen molar-refractivity contribution in [2.24, 2.45) is 0 Å². The molecule has 17 heavy (non-hydrogen) atoms. The minimum Gasteiger partial charge on any atom is -0.506 e. The second-order valence-corrected chi connectivity index (χ2v) is 3.78. The highest BCUT2D eigenvalue weighted by Crippen LogP contribution is 2.38. The lowest BCUT2D eigenvalue weighted by Gasteiger charge is -2.09. The second-order valence-electron chi connectivity index (χ2n) is 3.38. The number of phenolic OH excluding ortho intramolecular Hbond substituents is 1. The molecule has 0 amide bonds. The number of aromatic hydroxyl groups is 1. The van der Waals surface area contributed by atoms with Crippen molar-refractivity contribution in [1.29, 1.82) is 0 Å². The Hall–Kier alpha value is -2.00. The van der Waals surface area contributed by atoms with Crippen LogP contribution in [-0.2, 0) is 4.79 Å². The van der Waals surface area contributed by atoms with Crippen molar-refractivity contribution in [2.45, 2.75) is 0 Å². The van der Waals surface area contributed by atoms with Crippen LogP contribution in [0.2, 0.25) is 5.02 Å². The number of hydrogen-bond donors (Lipinski definition) is 1. The summed E-state index contributed by atoms with van der Waals surface area (Å²) in [6.45, 7) is 3.32. The summed E-state index contributed by atoms with van der Waals surface area (Å²) in [6.07, 6.45) is 1.07. The fourth-order valence-corrected chi connectivity index (χ4v) is 1.73. The number of halogens is 1. The Morgan fingerprint density at radius 1 is 1.35 bits per heavy atom. The Kier molecular flexibility index (Phi) is 3.02. The van der Waals surface area contributed by atoms with Gasteiger partial charge in [0.2, 0.25) is 0 Å².